The molecule has 0 fully saturated rings. The molecule has 1 N–H and O–H groups in total. The first-order valence-corrected chi connectivity index (χ1v) is 6.59. The summed E-state index contributed by atoms with van der Waals surface area (Å²) in [5, 5.41) is 5.41. The molecule has 3 nitrogen and oxygen atoms in total. The van der Waals surface area contributed by atoms with Gasteiger partial charge in [0.2, 0.25) is 0 Å². The predicted molar refractivity (Wildman–Crippen MR) is 66.8 cm³/mol. The van der Waals surface area contributed by atoms with Gasteiger partial charge in [0.1, 0.15) is 0 Å². The highest BCUT2D eigenvalue weighted by atomic mass is 32.1. The third-order valence-corrected chi connectivity index (χ3v) is 3.10. The van der Waals surface area contributed by atoms with Gasteiger partial charge in [-0.15, -0.1) is 11.3 Å². The van der Waals surface area contributed by atoms with E-state index in [0.29, 0.717) is 13.0 Å². The Kier molecular flexibility index (Phi) is 6.85. The van der Waals surface area contributed by atoms with E-state index in [-0.39, 0.29) is 5.97 Å². The summed E-state index contributed by atoms with van der Waals surface area (Å²) in [5.74, 6) is -0.0949. The van der Waals surface area contributed by atoms with Gasteiger partial charge in [-0.25, -0.2) is 0 Å². The summed E-state index contributed by atoms with van der Waals surface area (Å²) in [6, 6.07) is 4.21. The highest BCUT2D eigenvalue weighted by Crippen LogP contribution is 2.07. The molecule has 0 aromatic carbocycles. The van der Waals surface area contributed by atoms with Crippen LogP contribution in [0.15, 0.2) is 17.5 Å². The first-order valence-electron chi connectivity index (χ1n) is 5.71. The molecular formula is C12H19NO2S. The standard InChI is InChI=1S/C12H19NO2S/c1-2-15-12(14)6-3-8-13-9-7-11-5-4-10-16-11/h4-5,10,13H,2-3,6-9H2,1H3. The summed E-state index contributed by atoms with van der Waals surface area (Å²) >= 11 is 1.78. The molecule has 0 aliphatic heterocycles. The van der Waals surface area contributed by atoms with Crippen molar-refractivity contribution in [3.63, 3.8) is 0 Å². The van der Waals surface area contributed by atoms with E-state index in [1.807, 2.05) is 6.92 Å². The van der Waals surface area contributed by atoms with Crippen molar-refractivity contribution in [3.05, 3.63) is 22.4 Å². The zero-order valence-electron chi connectivity index (χ0n) is 9.70. The van der Waals surface area contributed by atoms with Crippen molar-refractivity contribution in [2.24, 2.45) is 0 Å². The maximum absolute atomic E-state index is 11.0. The van der Waals surface area contributed by atoms with Crippen molar-refractivity contribution in [2.45, 2.75) is 26.2 Å². The number of carbonyl (C=O) groups excluding carboxylic acids is 1. The van der Waals surface area contributed by atoms with Crippen LogP contribution in [0.1, 0.15) is 24.6 Å². The average Bonchev–Trinajstić information content (AvgIpc) is 2.76. The second-order valence-corrected chi connectivity index (χ2v) is 4.52. The first-order chi connectivity index (χ1) is 7.83. The fourth-order valence-corrected chi connectivity index (χ4v) is 2.09. The lowest BCUT2D eigenvalue weighted by Crippen LogP contribution is -2.19. The van der Waals surface area contributed by atoms with Crippen molar-refractivity contribution >= 4 is 17.3 Å². The zero-order chi connectivity index (χ0) is 11.6. The van der Waals surface area contributed by atoms with Gasteiger partial charge < -0.3 is 10.1 Å². The fraction of sp³-hybridized carbons (Fsp3) is 0.583. The van der Waals surface area contributed by atoms with Crippen molar-refractivity contribution in [1.82, 2.24) is 5.32 Å². The maximum Gasteiger partial charge on any atom is 0.305 e. The lowest BCUT2D eigenvalue weighted by Gasteiger charge is -2.03. The molecule has 1 aromatic rings. The molecule has 1 aromatic heterocycles. The number of hydrogen-bond donors (Lipinski definition) is 1. The smallest absolute Gasteiger partial charge is 0.305 e. The Hall–Kier alpha value is -0.870. The van der Waals surface area contributed by atoms with E-state index < -0.39 is 0 Å². The van der Waals surface area contributed by atoms with E-state index in [9.17, 15) is 4.79 Å². The molecular weight excluding hydrogens is 222 g/mol. The number of carbonyl (C=O) groups is 1. The molecule has 0 spiro atoms. The number of hydrogen-bond acceptors (Lipinski definition) is 4. The number of ether oxygens (including phenoxy) is 1. The minimum Gasteiger partial charge on any atom is -0.466 e. The lowest BCUT2D eigenvalue weighted by molar-refractivity contribution is -0.143. The van der Waals surface area contributed by atoms with Gasteiger partial charge >= 0.3 is 5.97 Å². The van der Waals surface area contributed by atoms with Crippen LogP contribution in [0.3, 0.4) is 0 Å². The molecule has 1 heterocycles. The van der Waals surface area contributed by atoms with Crippen LogP contribution in [0.5, 0.6) is 0 Å². The molecule has 0 atom stereocenters. The molecule has 1 rings (SSSR count). The molecule has 0 aliphatic rings. The van der Waals surface area contributed by atoms with Crippen LogP contribution in [-0.2, 0) is 16.0 Å². The number of rotatable bonds is 8. The molecule has 0 aliphatic carbocycles. The Morgan fingerprint density at radius 3 is 3.06 bits per heavy atom. The van der Waals surface area contributed by atoms with Crippen molar-refractivity contribution in [2.75, 3.05) is 19.7 Å². The van der Waals surface area contributed by atoms with Crippen LogP contribution in [0.25, 0.3) is 0 Å². The molecule has 0 bridgehead atoms. The topological polar surface area (TPSA) is 38.3 Å². The van der Waals surface area contributed by atoms with Crippen LogP contribution in [0, 0.1) is 0 Å². The Morgan fingerprint density at radius 1 is 1.50 bits per heavy atom. The zero-order valence-corrected chi connectivity index (χ0v) is 10.5. The van der Waals surface area contributed by atoms with Crippen molar-refractivity contribution in [1.29, 1.82) is 0 Å². The monoisotopic (exact) mass is 241 g/mol. The molecule has 0 saturated heterocycles. The number of nitrogens with one attached hydrogen (secondary N) is 1. The molecule has 0 radical (unpaired) electrons. The quantitative estimate of drug-likeness (QED) is 0.560. The maximum atomic E-state index is 11.0. The second-order valence-electron chi connectivity index (χ2n) is 3.49. The van der Waals surface area contributed by atoms with E-state index in [1.165, 1.54) is 4.88 Å². The highest BCUT2D eigenvalue weighted by Gasteiger charge is 2.00. The third-order valence-electron chi connectivity index (χ3n) is 2.17. The Bertz CT molecular complexity index is 285. The fourth-order valence-electron chi connectivity index (χ4n) is 1.38. The van der Waals surface area contributed by atoms with Crippen molar-refractivity contribution < 1.29 is 9.53 Å². The van der Waals surface area contributed by atoms with Gasteiger partial charge in [-0.05, 0) is 44.3 Å². The lowest BCUT2D eigenvalue weighted by atomic mass is 10.3. The minimum absolute atomic E-state index is 0.0949. The molecule has 0 unspecified atom stereocenters. The van der Waals surface area contributed by atoms with Gasteiger partial charge in [-0.1, -0.05) is 6.07 Å². The summed E-state index contributed by atoms with van der Waals surface area (Å²) in [4.78, 5) is 12.4. The van der Waals surface area contributed by atoms with Crippen LogP contribution in [-0.4, -0.2) is 25.7 Å². The minimum atomic E-state index is -0.0949. The molecule has 4 heteroatoms. The number of esters is 1. The van der Waals surface area contributed by atoms with E-state index in [1.54, 1.807) is 11.3 Å². The Labute approximate surface area is 101 Å². The van der Waals surface area contributed by atoms with E-state index in [4.69, 9.17) is 4.74 Å². The molecule has 16 heavy (non-hydrogen) atoms. The van der Waals surface area contributed by atoms with Gasteiger partial charge in [0.05, 0.1) is 6.61 Å². The predicted octanol–water partition coefficient (Wildman–Crippen LogP) is 2.22. The van der Waals surface area contributed by atoms with Crippen LogP contribution in [0.2, 0.25) is 0 Å². The van der Waals surface area contributed by atoms with Crippen LogP contribution >= 0.6 is 11.3 Å². The van der Waals surface area contributed by atoms with Gasteiger partial charge in [-0.2, -0.15) is 0 Å². The SMILES string of the molecule is CCOC(=O)CCCNCCc1cccs1. The first kappa shape index (κ1) is 13.2. The van der Waals surface area contributed by atoms with E-state index >= 15 is 0 Å². The van der Waals surface area contributed by atoms with Gasteiger partial charge in [-0.3, -0.25) is 4.79 Å². The normalized spacial score (nSPS) is 10.3. The summed E-state index contributed by atoms with van der Waals surface area (Å²) in [6.45, 7) is 4.16. The average molecular weight is 241 g/mol. The Balaban J connectivity index is 1.90. The van der Waals surface area contributed by atoms with Gasteiger partial charge in [0.15, 0.2) is 0 Å². The summed E-state index contributed by atoms with van der Waals surface area (Å²) in [7, 11) is 0. The molecule has 0 saturated carbocycles. The molecule has 90 valence electrons. The van der Waals surface area contributed by atoms with Gasteiger partial charge in [0.25, 0.3) is 0 Å². The van der Waals surface area contributed by atoms with E-state index in [0.717, 1.165) is 25.9 Å². The summed E-state index contributed by atoms with van der Waals surface area (Å²) in [5.41, 5.74) is 0. The molecule has 0 amide bonds. The third kappa shape index (κ3) is 5.88. The van der Waals surface area contributed by atoms with Crippen LogP contribution in [0.4, 0.5) is 0 Å². The van der Waals surface area contributed by atoms with Gasteiger partial charge in [0, 0.05) is 11.3 Å². The Morgan fingerprint density at radius 2 is 2.38 bits per heavy atom. The highest BCUT2D eigenvalue weighted by molar-refractivity contribution is 7.09. The second kappa shape index (κ2) is 8.30. The van der Waals surface area contributed by atoms with E-state index in [2.05, 4.69) is 22.8 Å². The van der Waals surface area contributed by atoms with Crippen molar-refractivity contribution in [3.8, 4) is 0 Å². The largest absolute Gasteiger partial charge is 0.466 e. The van der Waals surface area contributed by atoms with Crippen LogP contribution < -0.4 is 5.32 Å². The summed E-state index contributed by atoms with van der Waals surface area (Å²) in [6.07, 6.45) is 2.43. The summed E-state index contributed by atoms with van der Waals surface area (Å²) < 4.78 is 4.84. The number of thiophene rings is 1.